The van der Waals surface area contributed by atoms with Crippen LogP contribution in [0, 0.1) is 5.82 Å². The van der Waals surface area contributed by atoms with E-state index in [4.69, 9.17) is 20.7 Å². The van der Waals surface area contributed by atoms with Crippen LogP contribution >= 0.6 is 0 Å². The number of aromatic hydroxyl groups is 1. The van der Waals surface area contributed by atoms with Gasteiger partial charge in [0.25, 0.3) is 0 Å². The first-order valence-corrected chi connectivity index (χ1v) is 4.50. The van der Waals surface area contributed by atoms with Crippen LogP contribution in [-0.2, 0) is 4.79 Å². The Balaban J connectivity index is 3.13. The Morgan fingerprint density at radius 3 is 2.75 bits per heavy atom. The van der Waals surface area contributed by atoms with Crippen molar-refractivity contribution in [2.24, 2.45) is 5.73 Å². The fourth-order valence-electron chi connectivity index (χ4n) is 1.36. The fraction of sp³-hybridized carbons (Fsp3) is 0.300. The van der Waals surface area contributed by atoms with Crippen LogP contribution in [0.25, 0.3) is 0 Å². The normalized spacial score (nSPS) is 12.2. The second-order valence-corrected chi connectivity index (χ2v) is 3.23. The Hall–Kier alpha value is -1.82. The molecular formula is C10H12FNO4. The highest BCUT2D eigenvalue weighted by Crippen LogP contribution is 2.33. The molecule has 0 heterocycles. The van der Waals surface area contributed by atoms with Gasteiger partial charge in [-0.1, -0.05) is 0 Å². The molecule has 0 saturated heterocycles. The molecular weight excluding hydrogens is 217 g/mol. The SMILES string of the molecule is COc1c(C(N)CC(=O)O)ccc(O)c1F. The third-order valence-electron chi connectivity index (χ3n) is 2.11. The average Bonchev–Trinajstić information content (AvgIpc) is 2.20. The van der Waals surface area contributed by atoms with Gasteiger partial charge >= 0.3 is 5.97 Å². The van der Waals surface area contributed by atoms with E-state index in [1.165, 1.54) is 13.2 Å². The zero-order valence-electron chi connectivity index (χ0n) is 8.61. The number of aliphatic carboxylic acids is 1. The minimum Gasteiger partial charge on any atom is -0.505 e. The van der Waals surface area contributed by atoms with Crippen LogP contribution < -0.4 is 10.5 Å². The summed E-state index contributed by atoms with van der Waals surface area (Å²) in [5.41, 5.74) is 5.79. The van der Waals surface area contributed by atoms with Gasteiger partial charge in [0.05, 0.1) is 13.5 Å². The van der Waals surface area contributed by atoms with Crippen LogP contribution in [0.1, 0.15) is 18.0 Å². The van der Waals surface area contributed by atoms with Crippen molar-refractivity contribution in [3.63, 3.8) is 0 Å². The molecule has 0 bridgehead atoms. The van der Waals surface area contributed by atoms with Gasteiger partial charge in [-0.05, 0) is 12.1 Å². The molecule has 4 N–H and O–H groups in total. The summed E-state index contributed by atoms with van der Waals surface area (Å²) in [7, 11) is 1.22. The largest absolute Gasteiger partial charge is 0.505 e. The molecule has 0 radical (unpaired) electrons. The van der Waals surface area contributed by atoms with Gasteiger partial charge in [0.1, 0.15) is 0 Å². The van der Waals surface area contributed by atoms with E-state index in [-0.39, 0.29) is 17.7 Å². The van der Waals surface area contributed by atoms with Crippen LogP contribution in [0.3, 0.4) is 0 Å². The Kier molecular flexibility index (Phi) is 3.68. The first-order valence-electron chi connectivity index (χ1n) is 4.50. The number of rotatable bonds is 4. The molecule has 0 saturated carbocycles. The molecule has 5 nitrogen and oxygen atoms in total. The maximum absolute atomic E-state index is 13.4. The van der Waals surface area contributed by atoms with Crippen LogP contribution in [0.5, 0.6) is 11.5 Å². The summed E-state index contributed by atoms with van der Waals surface area (Å²) >= 11 is 0. The van der Waals surface area contributed by atoms with E-state index < -0.39 is 23.6 Å². The Morgan fingerprint density at radius 2 is 2.25 bits per heavy atom. The number of hydrogen-bond acceptors (Lipinski definition) is 4. The van der Waals surface area contributed by atoms with E-state index in [1.807, 2.05) is 0 Å². The minimum absolute atomic E-state index is 0.209. The highest BCUT2D eigenvalue weighted by Gasteiger charge is 2.20. The molecule has 0 aliphatic carbocycles. The van der Waals surface area contributed by atoms with Crippen molar-refractivity contribution in [3.8, 4) is 11.5 Å². The van der Waals surface area contributed by atoms with Crippen LogP contribution in [0.2, 0.25) is 0 Å². The van der Waals surface area contributed by atoms with Gasteiger partial charge in [0, 0.05) is 11.6 Å². The molecule has 1 atom stereocenters. The first kappa shape index (κ1) is 12.3. The smallest absolute Gasteiger partial charge is 0.305 e. The summed E-state index contributed by atoms with van der Waals surface area (Å²) < 4.78 is 18.1. The van der Waals surface area contributed by atoms with E-state index in [0.717, 1.165) is 6.07 Å². The van der Waals surface area contributed by atoms with Crippen molar-refractivity contribution in [2.75, 3.05) is 7.11 Å². The molecule has 1 unspecified atom stereocenters. The summed E-state index contributed by atoms with van der Waals surface area (Å²) in [5.74, 6) is -2.83. The summed E-state index contributed by atoms with van der Waals surface area (Å²) in [6.45, 7) is 0. The summed E-state index contributed by atoms with van der Waals surface area (Å²) in [6.07, 6.45) is -0.347. The molecule has 1 aromatic carbocycles. The highest BCUT2D eigenvalue weighted by molar-refractivity contribution is 5.68. The molecule has 0 amide bonds. The van der Waals surface area contributed by atoms with E-state index in [9.17, 15) is 9.18 Å². The van der Waals surface area contributed by atoms with Crippen molar-refractivity contribution in [1.29, 1.82) is 0 Å². The lowest BCUT2D eigenvalue weighted by atomic mass is 10.0. The van der Waals surface area contributed by atoms with Crippen molar-refractivity contribution in [2.45, 2.75) is 12.5 Å². The maximum Gasteiger partial charge on any atom is 0.305 e. The number of hydrogen-bond donors (Lipinski definition) is 3. The van der Waals surface area contributed by atoms with E-state index in [2.05, 4.69) is 0 Å². The fourth-order valence-corrected chi connectivity index (χ4v) is 1.36. The molecule has 1 rings (SSSR count). The third kappa shape index (κ3) is 2.40. The first-order chi connectivity index (χ1) is 7.47. The van der Waals surface area contributed by atoms with Crippen molar-refractivity contribution in [1.82, 2.24) is 0 Å². The molecule has 16 heavy (non-hydrogen) atoms. The molecule has 0 aromatic heterocycles. The number of carbonyl (C=O) groups is 1. The van der Waals surface area contributed by atoms with Gasteiger partial charge < -0.3 is 20.7 Å². The van der Waals surface area contributed by atoms with Crippen LogP contribution in [0.15, 0.2) is 12.1 Å². The predicted octanol–water partition coefficient (Wildman–Crippen LogP) is 1.01. The lowest BCUT2D eigenvalue weighted by molar-refractivity contribution is -0.137. The van der Waals surface area contributed by atoms with Gasteiger partial charge in [0.15, 0.2) is 11.5 Å². The van der Waals surface area contributed by atoms with Crippen molar-refractivity contribution >= 4 is 5.97 Å². The number of nitrogens with two attached hydrogens (primary N) is 1. The average molecular weight is 229 g/mol. The monoisotopic (exact) mass is 229 g/mol. The van der Waals surface area contributed by atoms with Gasteiger partial charge in [-0.2, -0.15) is 4.39 Å². The van der Waals surface area contributed by atoms with Gasteiger partial charge in [-0.3, -0.25) is 4.79 Å². The zero-order valence-corrected chi connectivity index (χ0v) is 8.61. The summed E-state index contributed by atoms with van der Waals surface area (Å²) in [6, 6.07) is 1.56. The molecule has 1 aromatic rings. The second-order valence-electron chi connectivity index (χ2n) is 3.23. The number of halogens is 1. The Bertz CT molecular complexity index is 408. The number of carboxylic acid groups (broad SMARTS) is 1. The maximum atomic E-state index is 13.4. The number of benzene rings is 1. The quantitative estimate of drug-likeness (QED) is 0.716. The lowest BCUT2D eigenvalue weighted by Crippen LogP contribution is -2.16. The zero-order chi connectivity index (χ0) is 12.3. The number of phenolic OH excluding ortho intramolecular Hbond substituents is 1. The van der Waals surface area contributed by atoms with Gasteiger partial charge in [-0.25, -0.2) is 0 Å². The lowest BCUT2D eigenvalue weighted by Gasteiger charge is -2.14. The topological polar surface area (TPSA) is 92.8 Å². The van der Waals surface area contributed by atoms with E-state index >= 15 is 0 Å². The number of ether oxygens (including phenoxy) is 1. The standard InChI is InChI=1S/C10H12FNO4/c1-16-10-5(6(12)4-8(14)15)2-3-7(13)9(10)11/h2-3,6,13H,4,12H2,1H3,(H,14,15). The third-order valence-corrected chi connectivity index (χ3v) is 2.11. The summed E-state index contributed by atoms with van der Waals surface area (Å²) in [4.78, 5) is 10.5. The molecule has 6 heteroatoms. The second kappa shape index (κ2) is 4.80. The van der Waals surface area contributed by atoms with Crippen LogP contribution in [0.4, 0.5) is 4.39 Å². The minimum atomic E-state index is -1.09. The van der Waals surface area contributed by atoms with Crippen LogP contribution in [-0.4, -0.2) is 23.3 Å². The number of phenols is 1. The Morgan fingerprint density at radius 1 is 1.62 bits per heavy atom. The molecule has 0 aliphatic heterocycles. The van der Waals surface area contributed by atoms with Crippen molar-refractivity contribution in [3.05, 3.63) is 23.5 Å². The molecule has 88 valence electrons. The predicted molar refractivity (Wildman–Crippen MR) is 53.8 cm³/mol. The van der Waals surface area contributed by atoms with Gasteiger partial charge in [-0.15, -0.1) is 0 Å². The number of methoxy groups -OCH3 is 1. The van der Waals surface area contributed by atoms with Crippen molar-refractivity contribution < 1.29 is 24.1 Å². The highest BCUT2D eigenvalue weighted by atomic mass is 19.1. The Labute approximate surface area is 91.3 Å². The van der Waals surface area contributed by atoms with Gasteiger partial charge in [0.2, 0.25) is 5.82 Å². The molecule has 0 spiro atoms. The van der Waals surface area contributed by atoms with E-state index in [1.54, 1.807) is 0 Å². The number of carboxylic acids is 1. The summed E-state index contributed by atoms with van der Waals surface area (Å²) in [5, 5.41) is 17.7. The molecule has 0 aliphatic rings. The van der Waals surface area contributed by atoms with E-state index in [0.29, 0.717) is 0 Å². The molecule has 0 fully saturated rings.